The summed E-state index contributed by atoms with van der Waals surface area (Å²) in [6.07, 6.45) is 0.978. The van der Waals surface area contributed by atoms with Gasteiger partial charge in [0.1, 0.15) is 12.0 Å². The number of hydrogen-bond donors (Lipinski definition) is 3. The fourth-order valence-electron chi connectivity index (χ4n) is 4.26. The number of ketones is 1. The second kappa shape index (κ2) is 14.0. The van der Waals surface area contributed by atoms with Gasteiger partial charge < -0.3 is 25.3 Å². The monoisotopic (exact) mass is 519 g/mol. The van der Waals surface area contributed by atoms with Crippen molar-refractivity contribution in [1.29, 1.82) is 5.41 Å². The molecule has 1 aromatic rings. The average Bonchev–Trinajstić information content (AvgIpc) is 2.82. The number of allylic oxidation sites excluding steroid dienone is 1. The molecule has 2 rings (SSSR count). The zero-order valence-corrected chi connectivity index (χ0v) is 21.9. The van der Waals surface area contributed by atoms with Gasteiger partial charge in [-0.3, -0.25) is 19.4 Å². The lowest BCUT2D eigenvalue weighted by Crippen LogP contribution is -2.40. The molecule has 3 atom stereocenters. The number of halogens is 1. The Morgan fingerprint density at radius 1 is 1.28 bits per heavy atom. The Labute approximate surface area is 216 Å². The highest BCUT2D eigenvalue weighted by atomic mass is 35.5. The summed E-state index contributed by atoms with van der Waals surface area (Å²) in [5.41, 5.74) is 2.18. The molecule has 0 saturated heterocycles. The number of nitrogens with zero attached hydrogens (tertiary/aromatic N) is 1. The maximum atomic E-state index is 13.3. The van der Waals surface area contributed by atoms with E-state index in [4.69, 9.17) is 26.5 Å². The maximum absolute atomic E-state index is 13.3. The number of carboxylic acid groups (broad SMARTS) is 1. The first-order chi connectivity index (χ1) is 17.1. The molecule has 1 aromatic carbocycles. The van der Waals surface area contributed by atoms with E-state index in [-0.39, 0.29) is 44.1 Å². The van der Waals surface area contributed by atoms with Crippen LogP contribution >= 0.6 is 11.6 Å². The Kier molecular flexibility index (Phi) is 11.4. The maximum Gasteiger partial charge on any atom is 0.321 e. The van der Waals surface area contributed by atoms with Crippen molar-refractivity contribution in [2.24, 2.45) is 10.9 Å². The second-order valence-electron chi connectivity index (χ2n) is 8.67. The summed E-state index contributed by atoms with van der Waals surface area (Å²) in [5.74, 6) is -3.17. The van der Waals surface area contributed by atoms with Gasteiger partial charge in [-0.2, -0.15) is 0 Å². The van der Waals surface area contributed by atoms with Gasteiger partial charge in [-0.15, -0.1) is 0 Å². The van der Waals surface area contributed by atoms with Crippen LogP contribution in [0.3, 0.4) is 0 Å². The first kappa shape index (κ1) is 29.4. The molecule has 0 fully saturated rings. The molecular weight excluding hydrogens is 486 g/mol. The number of rotatable bonds is 14. The molecule has 0 amide bonds. The Balaban J connectivity index is 2.35. The van der Waals surface area contributed by atoms with Crippen LogP contribution in [0.4, 0.5) is 0 Å². The normalized spacial score (nSPS) is 18.4. The number of benzene rings is 1. The number of Topliss-reactive ketones (excluding diaryl/α,β-unsaturated/α-hetero) is 1. The largest absolute Gasteiger partial charge is 0.480 e. The molecule has 0 bridgehead atoms. The van der Waals surface area contributed by atoms with Crippen molar-refractivity contribution in [1.82, 2.24) is 5.32 Å². The molecule has 10 heteroatoms. The summed E-state index contributed by atoms with van der Waals surface area (Å²) >= 11 is 6.52. The molecule has 3 N–H and O–H groups in total. The van der Waals surface area contributed by atoms with Gasteiger partial charge in [0.05, 0.1) is 26.0 Å². The van der Waals surface area contributed by atoms with E-state index in [1.165, 1.54) is 7.11 Å². The SMILES string of the molecule is CCCC(=O)C1=C(COCCNC(CC(C)=N)C(=O)O)N=C(C)C(C(=O)OC)C1c1ccccc1Cl. The first-order valence-corrected chi connectivity index (χ1v) is 12.2. The van der Waals surface area contributed by atoms with E-state index < -0.39 is 29.8 Å². The first-order valence-electron chi connectivity index (χ1n) is 11.8. The number of methoxy groups -OCH3 is 1. The van der Waals surface area contributed by atoms with Crippen molar-refractivity contribution < 1.29 is 29.0 Å². The number of aliphatic imine (C=N–C) groups is 1. The van der Waals surface area contributed by atoms with E-state index in [9.17, 15) is 19.5 Å². The minimum Gasteiger partial charge on any atom is -0.480 e. The van der Waals surface area contributed by atoms with E-state index in [1.807, 2.05) is 6.92 Å². The Hall–Kier alpha value is -2.88. The third-order valence-electron chi connectivity index (χ3n) is 5.87. The van der Waals surface area contributed by atoms with Crippen molar-refractivity contribution in [2.75, 3.05) is 26.9 Å². The standard InChI is InChI=1S/C26H34ClN3O6/c1-5-8-21(31)24-20(14-36-12-11-29-19(25(32)33)13-15(2)28)30-16(3)22(26(34)35-4)23(24)17-9-6-7-10-18(17)27/h6-7,9-10,19,22-23,28-29H,5,8,11-14H2,1-4H3,(H,32,33). The fraction of sp³-hybridized carbons (Fsp3) is 0.500. The zero-order valence-electron chi connectivity index (χ0n) is 21.1. The molecule has 196 valence electrons. The van der Waals surface area contributed by atoms with Gasteiger partial charge in [-0.1, -0.05) is 36.7 Å². The number of carboxylic acids is 1. The molecule has 0 aliphatic carbocycles. The lowest BCUT2D eigenvalue weighted by molar-refractivity contribution is -0.143. The molecule has 0 spiro atoms. The summed E-state index contributed by atoms with van der Waals surface area (Å²) in [5, 5.41) is 20.1. The van der Waals surface area contributed by atoms with Gasteiger partial charge in [0, 0.05) is 47.3 Å². The van der Waals surface area contributed by atoms with Crippen molar-refractivity contribution >= 4 is 40.7 Å². The molecule has 0 radical (unpaired) electrons. The Morgan fingerprint density at radius 2 is 1.97 bits per heavy atom. The molecular formula is C26H34ClN3O6. The smallest absolute Gasteiger partial charge is 0.321 e. The van der Waals surface area contributed by atoms with Gasteiger partial charge >= 0.3 is 11.9 Å². The molecule has 9 nitrogen and oxygen atoms in total. The van der Waals surface area contributed by atoms with Gasteiger partial charge in [0.25, 0.3) is 0 Å². The summed E-state index contributed by atoms with van der Waals surface area (Å²) in [6.45, 7) is 5.55. The molecule has 1 aliphatic heterocycles. The minimum atomic E-state index is -1.04. The molecule has 0 saturated carbocycles. The fourth-order valence-corrected chi connectivity index (χ4v) is 4.51. The quantitative estimate of drug-likeness (QED) is 0.193. The Morgan fingerprint density at radius 3 is 2.56 bits per heavy atom. The van der Waals surface area contributed by atoms with Crippen molar-refractivity contribution in [3.63, 3.8) is 0 Å². The lowest BCUT2D eigenvalue weighted by Gasteiger charge is -2.33. The topological polar surface area (TPSA) is 138 Å². The van der Waals surface area contributed by atoms with Gasteiger partial charge in [-0.05, 0) is 31.9 Å². The van der Waals surface area contributed by atoms with Crippen LogP contribution < -0.4 is 5.32 Å². The van der Waals surface area contributed by atoms with Crippen LogP contribution in [0.5, 0.6) is 0 Å². The number of carbonyl (C=O) groups excluding carboxylic acids is 2. The van der Waals surface area contributed by atoms with Crippen LogP contribution in [0, 0.1) is 11.3 Å². The number of carbonyl (C=O) groups is 3. The number of hydrogen-bond acceptors (Lipinski definition) is 8. The lowest BCUT2D eigenvalue weighted by atomic mass is 9.73. The number of nitrogens with one attached hydrogen (secondary N) is 2. The molecule has 1 aliphatic rings. The number of aliphatic carboxylic acids is 1. The average molecular weight is 520 g/mol. The van der Waals surface area contributed by atoms with E-state index in [2.05, 4.69) is 10.3 Å². The molecule has 1 heterocycles. The minimum absolute atomic E-state index is 0.0000117. The summed E-state index contributed by atoms with van der Waals surface area (Å²) < 4.78 is 10.8. The van der Waals surface area contributed by atoms with Crippen molar-refractivity contribution in [3.8, 4) is 0 Å². The summed E-state index contributed by atoms with van der Waals surface area (Å²) in [4.78, 5) is 42.1. The van der Waals surface area contributed by atoms with Crippen LogP contribution in [0.1, 0.15) is 51.5 Å². The van der Waals surface area contributed by atoms with E-state index in [0.717, 1.165) is 0 Å². The Bertz CT molecular complexity index is 1050. The van der Waals surface area contributed by atoms with E-state index >= 15 is 0 Å². The van der Waals surface area contributed by atoms with Crippen LogP contribution in [-0.4, -0.2) is 67.2 Å². The number of ether oxygens (including phenoxy) is 2. The predicted octanol–water partition coefficient (Wildman–Crippen LogP) is 3.80. The van der Waals surface area contributed by atoms with Crippen LogP contribution in [-0.2, 0) is 23.9 Å². The zero-order chi connectivity index (χ0) is 26.8. The number of esters is 1. The third kappa shape index (κ3) is 7.56. The van der Waals surface area contributed by atoms with Gasteiger partial charge in [-0.25, -0.2) is 0 Å². The third-order valence-corrected chi connectivity index (χ3v) is 6.22. The summed E-state index contributed by atoms with van der Waals surface area (Å²) in [7, 11) is 1.30. The van der Waals surface area contributed by atoms with Crippen LogP contribution in [0.25, 0.3) is 0 Å². The summed E-state index contributed by atoms with van der Waals surface area (Å²) in [6, 6.07) is 6.20. The highest BCUT2D eigenvalue weighted by Gasteiger charge is 2.42. The second-order valence-corrected chi connectivity index (χ2v) is 9.08. The molecule has 0 aromatic heterocycles. The van der Waals surface area contributed by atoms with Crippen LogP contribution in [0.15, 0.2) is 40.5 Å². The van der Waals surface area contributed by atoms with Crippen molar-refractivity contribution in [2.45, 2.75) is 52.0 Å². The van der Waals surface area contributed by atoms with Crippen LogP contribution in [0.2, 0.25) is 5.02 Å². The molecule has 3 unspecified atom stereocenters. The highest BCUT2D eigenvalue weighted by Crippen LogP contribution is 2.43. The van der Waals surface area contributed by atoms with E-state index in [1.54, 1.807) is 38.1 Å². The van der Waals surface area contributed by atoms with Gasteiger partial charge in [0.15, 0.2) is 5.78 Å². The van der Waals surface area contributed by atoms with E-state index in [0.29, 0.717) is 34.0 Å². The van der Waals surface area contributed by atoms with Crippen molar-refractivity contribution in [3.05, 3.63) is 46.1 Å². The van der Waals surface area contributed by atoms with Gasteiger partial charge in [0.2, 0.25) is 0 Å². The predicted molar refractivity (Wildman–Crippen MR) is 138 cm³/mol. The highest BCUT2D eigenvalue weighted by molar-refractivity contribution is 6.31. The molecule has 36 heavy (non-hydrogen) atoms.